The Bertz CT molecular complexity index is 502. The molecule has 1 aromatic rings. The van der Waals surface area contributed by atoms with Crippen LogP contribution in [0.3, 0.4) is 0 Å². The lowest BCUT2D eigenvalue weighted by molar-refractivity contribution is 0.0971. The van der Waals surface area contributed by atoms with E-state index in [4.69, 9.17) is 13.3 Å². The molecular weight excluding hydrogens is 332 g/mol. The summed E-state index contributed by atoms with van der Waals surface area (Å²) < 4.78 is 19.9. The molecule has 1 rings (SSSR count). The van der Waals surface area contributed by atoms with Crippen LogP contribution in [0.2, 0.25) is 26.2 Å². The zero-order valence-corrected chi connectivity index (χ0v) is 14.8. The van der Waals surface area contributed by atoms with Crippen molar-refractivity contribution in [3.05, 3.63) is 30.3 Å². The molecule has 1 aromatic carbocycles. The minimum absolute atomic E-state index is 0. The van der Waals surface area contributed by atoms with Gasteiger partial charge in [-0.1, -0.05) is 45.2 Å². The average molecular weight is 361 g/mol. The lowest BCUT2D eigenvalue weighted by Gasteiger charge is -2.26. The van der Waals surface area contributed by atoms with Gasteiger partial charge in [-0.3, -0.25) is 0 Å². The van der Waals surface area contributed by atoms with Crippen LogP contribution in [0.25, 0.3) is 0 Å². The molecule has 0 bridgehead atoms. The maximum atomic E-state index is 11.9. The molecule has 0 N–H and O–H groups in total. The van der Waals surface area contributed by atoms with E-state index in [1.165, 1.54) is 7.11 Å². The quantitative estimate of drug-likeness (QED) is 0.597. The molecule has 132 valence electrons. The van der Waals surface area contributed by atoms with Crippen LogP contribution in [0.1, 0.15) is 14.9 Å². The van der Waals surface area contributed by atoms with E-state index in [0.717, 1.165) is 5.19 Å². The maximum Gasteiger partial charge on any atom is 0.496 e. The van der Waals surface area contributed by atoms with Gasteiger partial charge in [0.2, 0.25) is 0 Å². The Morgan fingerprint density at radius 1 is 0.826 bits per heavy atom. The first-order chi connectivity index (χ1) is 9.66. The lowest BCUT2D eigenvalue weighted by atomic mass is 10.4. The number of ether oxygens (including phenoxy) is 1. The Labute approximate surface area is 141 Å². The highest BCUT2D eigenvalue weighted by Crippen LogP contribution is 2.13. The third-order valence-corrected chi connectivity index (χ3v) is 6.35. The highest BCUT2D eigenvalue weighted by Gasteiger charge is 2.38. The second-order valence-electron chi connectivity index (χ2n) is 5.29. The number of carbonyl (C=O) groups excluding carboxylic acids is 2. The largest absolute Gasteiger partial charge is 0.496 e. The molecule has 0 spiro atoms. The van der Waals surface area contributed by atoms with Crippen molar-refractivity contribution in [2.75, 3.05) is 7.11 Å². The van der Waals surface area contributed by atoms with Crippen LogP contribution in [0.4, 0.5) is 9.59 Å². The van der Waals surface area contributed by atoms with Crippen LogP contribution >= 0.6 is 0 Å². The van der Waals surface area contributed by atoms with E-state index in [2.05, 4.69) is 4.74 Å². The molecule has 0 atom stereocenters. The highest BCUT2D eigenvalue weighted by atomic mass is 28.4. The van der Waals surface area contributed by atoms with Crippen molar-refractivity contribution in [1.82, 2.24) is 0 Å². The van der Waals surface area contributed by atoms with Gasteiger partial charge in [-0.05, 0) is 18.3 Å². The third kappa shape index (κ3) is 7.84. The van der Waals surface area contributed by atoms with Gasteiger partial charge in [0.1, 0.15) is 0 Å². The van der Waals surface area contributed by atoms with E-state index in [1.54, 1.807) is 13.1 Å². The summed E-state index contributed by atoms with van der Waals surface area (Å²) in [6.07, 6.45) is -1.70. The first-order valence-electron chi connectivity index (χ1n) is 6.41. The molecule has 0 aliphatic carbocycles. The van der Waals surface area contributed by atoms with Gasteiger partial charge in [0.25, 0.3) is 8.32 Å². The summed E-state index contributed by atoms with van der Waals surface area (Å²) in [6, 6.07) is 9.49. The maximum absolute atomic E-state index is 11.9. The summed E-state index contributed by atoms with van der Waals surface area (Å²) in [4.78, 5) is 23.0. The molecule has 0 saturated heterocycles. The zero-order chi connectivity index (χ0) is 16.1. The van der Waals surface area contributed by atoms with E-state index in [-0.39, 0.29) is 14.9 Å². The van der Waals surface area contributed by atoms with Gasteiger partial charge in [0, 0.05) is 13.1 Å². The van der Waals surface area contributed by atoms with Crippen molar-refractivity contribution < 1.29 is 27.6 Å². The van der Waals surface area contributed by atoms with Crippen LogP contribution in [0.5, 0.6) is 0 Å². The molecule has 0 aromatic heterocycles. The van der Waals surface area contributed by atoms with Crippen molar-refractivity contribution in [2.45, 2.75) is 41.0 Å². The van der Waals surface area contributed by atoms with Crippen LogP contribution in [-0.4, -0.2) is 36.3 Å². The Morgan fingerprint density at radius 3 is 1.78 bits per heavy atom. The summed E-state index contributed by atoms with van der Waals surface area (Å²) >= 11 is 0. The van der Waals surface area contributed by atoms with E-state index >= 15 is 0 Å². The fourth-order valence-corrected chi connectivity index (χ4v) is 4.22. The summed E-state index contributed by atoms with van der Waals surface area (Å²) in [6.45, 7) is 6.89. The van der Waals surface area contributed by atoms with Crippen LogP contribution in [0, 0.1) is 0 Å². The topological polar surface area (TPSA) is 71.1 Å². The smallest absolute Gasteiger partial charge is 0.486 e. The molecule has 0 radical (unpaired) electrons. The number of rotatable bonds is 4. The second-order valence-corrected chi connectivity index (χ2v) is 12.3. The summed E-state index contributed by atoms with van der Waals surface area (Å²) in [5, 5.41) is 0.968. The van der Waals surface area contributed by atoms with E-state index in [9.17, 15) is 9.59 Å². The Hall–Kier alpha value is -1.81. The average Bonchev–Trinajstić information content (AvgIpc) is 2.37. The van der Waals surface area contributed by atoms with Gasteiger partial charge >= 0.3 is 20.9 Å². The van der Waals surface area contributed by atoms with E-state index in [1.807, 2.05) is 43.4 Å². The first kappa shape index (κ1) is 23.5. The monoisotopic (exact) mass is 360 g/mol. The standard InChI is InChI=1S/C13H20O6Si2.2CH4/c1-16-12(14)18-21(4,5)19-13(15)17-20(2,3)11-9-7-6-8-10-11;;/h6-10H,1-5H3;2*1H4. The van der Waals surface area contributed by atoms with E-state index < -0.39 is 29.2 Å². The highest BCUT2D eigenvalue weighted by molar-refractivity contribution is 6.85. The van der Waals surface area contributed by atoms with Gasteiger partial charge in [0.05, 0.1) is 7.11 Å². The minimum Gasteiger partial charge on any atom is -0.486 e. The number of methoxy groups -OCH3 is 1. The normalized spacial score (nSPS) is 10.5. The number of hydrogen-bond donors (Lipinski definition) is 0. The Kier molecular flexibility index (Phi) is 9.55. The van der Waals surface area contributed by atoms with Crippen LogP contribution < -0.4 is 5.19 Å². The van der Waals surface area contributed by atoms with Crippen molar-refractivity contribution in [3.8, 4) is 0 Å². The Balaban J connectivity index is 0. The molecule has 0 aliphatic rings. The number of hydrogen-bond acceptors (Lipinski definition) is 6. The van der Waals surface area contributed by atoms with Crippen molar-refractivity contribution in [2.24, 2.45) is 0 Å². The molecule has 0 fully saturated rings. The van der Waals surface area contributed by atoms with Crippen molar-refractivity contribution in [1.29, 1.82) is 0 Å². The predicted molar refractivity (Wildman–Crippen MR) is 95.6 cm³/mol. The SMILES string of the molecule is C.C.COC(=O)O[Si](C)(C)OC(=O)O[Si](C)(C)c1ccccc1. The molecule has 0 aliphatic heterocycles. The molecule has 0 amide bonds. The van der Waals surface area contributed by atoms with Crippen LogP contribution in [-0.2, 0) is 18.0 Å². The Morgan fingerprint density at radius 2 is 1.30 bits per heavy atom. The van der Waals surface area contributed by atoms with Gasteiger partial charge in [-0.2, -0.15) is 0 Å². The minimum atomic E-state index is -2.98. The summed E-state index contributed by atoms with van der Waals surface area (Å²) in [5.74, 6) is 0. The van der Waals surface area contributed by atoms with Gasteiger partial charge in [-0.25, -0.2) is 9.59 Å². The van der Waals surface area contributed by atoms with Crippen molar-refractivity contribution in [3.63, 3.8) is 0 Å². The van der Waals surface area contributed by atoms with Crippen molar-refractivity contribution >= 4 is 34.4 Å². The molecule has 8 heteroatoms. The molecule has 23 heavy (non-hydrogen) atoms. The van der Waals surface area contributed by atoms with Gasteiger partial charge < -0.3 is 18.0 Å². The van der Waals surface area contributed by atoms with E-state index in [0.29, 0.717) is 0 Å². The fourth-order valence-electron chi connectivity index (χ4n) is 1.59. The first-order valence-corrected chi connectivity index (χ1v) is 12.1. The number of benzene rings is 1. The van der Waals surface area contributed by atoms with Crippen LogP contribution in [0.15, 0.2) is 30.3 Å². The number of carbonyl (C=O) groups is 2. The molecule has 6 nitrogen and oxygen atoms in total. The molecule has 0 heterocycles. The summed E-state index contributed by atoms with van der Waals surface area (Å²) in [5.41, 5.74) is 0. The molecular formula is C15H28O6Si2. The molecule has 0 unspecified atom stereocenters. The molecule has 0 saturated carbocycles. The fraction of sp³-hybridized carbons (Fsp3) is 0.467. The zero-order valence-electron chi connectivity index (χ0n) is 12.8. The second kappa shape index (κ2) is 9.36. The third-order valence-electron chi connectivity index (χ3n) is 2.63. The van der Waals surface area contributed by atoms with Gasteiger partial charge in [-0.15, -0.1) is 0 Å². The lowest BCUT2D eigenvalue weighted by Crippen LogP contribution is -2.49. The van der Waals surface area contributed by atoms with Gasteiger partial charge in [0.15, 0.2) is 0 Å². The predicted octanol–water partition coefficient (Wildman–Crippen LogP) is 4.01. The summed E-state index contributed by atoms with van der Waals surface area (Å²) in [7, 11) is -4.20.